The molecule has 1 saturated carbocycles. The van der Waals surface area contributed by atoms with E-state index in [1.54, 1.807) is 18.3 Å². The number of urea groups is 2. The van der Waals surface area contributed by atoms with E-state index in [0.29, 0.717) is 24.2 Å². The van der Waals surface area contributed by atoms with E-state index >= 15 is 0 Å². The van der Waals surface area contributed by atoms with Crippen molar-refractivity contribution in [1.29, 1.82) is 0 Å². The zero-order valence-corrected chi connectivity index (χ0v) is 17.0. The largest absolute Gasteiger partial charge is 0.335 e. The molecule has 1 saturated heterocycles. The Morgan fingerprint density at radius 3 is 2.69 bits per heavy atom. The third-order valence-electron chi connectivity index (χ3n) is 5.79. The molecule has 10 heteroatoms. The summed E-state index contributed by atoms with van der Waals surface area (Å²) in [6, 6.07) is 15.6. The Morgan fingerprint density at radius 2 is 1.94 bits per heavy atom. The minimum Gasteiger partial charge on any atom is -0.335 e. The Morgan fingerprint density at radius 1 is 1.12 bits per heavy atom. The van der Waals surface area contributed by atoms with E-state index in [-0.39, 0.29) is 24.5 Å². The summed E-state index contributed by atoms with van der Waals surface area (Å²) in [6.07, 6.45) is 2.38. The van der Waals surface area contributed by atoms with Gasteiger partial charge in [0, 0.05) is 36.3 Å². The average Bonchev–Trinajstić information content (AvgIpc) is 3.38. The van der Waals surface area contributed by atoms with E-state index in [4.69, 9.17) is 0 Å². The highest BCUT2D eigenvalue weighted by Gasteiger charge is 2.58. The van der Waals surface area contributed by atoms with Gasteiger partial charge in [0.15, 0.2) is 0 Å². The lowest BCUT2D eigenvalue weighted by atomic mass is 9.72. The maximum Gasteiger partial charge on any atom is 0.325 e. The summed E-state index contributed by atoms with van der Waals surface area (Å²) in [5, 5.41) is 18.8. The van der Waals surface area contributed by atoms with Gasteiger partial charge in [0.25, 0.3) is 5.91 Å². The zero-order chi connectivity index (χ0) is 22.1. The van der Waals surface area contributed by atoms with Crippen LogP contribution >= 0.6 is 0 Å². The van der Waals surface area contributed by atoms with Crippen molar-refractivity contribution in [1.82, 2.24) is 30.9 Å². The highest BCUT2D eigenvalue weighted by molar-refractivity contribution is 6.08. The molecule has 1 aromatic heterocycles. The summed E-state index contributed by atoms with van der Waals surface area (Å²) in [6.45, 7) is 0.230. The number of aromatic nitrogens is 3. The summed E-state index contributed by atoms with van der Waals surface area (Å²) in [5.41, 5.74) is 2.05. The quantitative estimate of drug-likeness (QED) is 0.460. The molecule has 2 aromatic carbocycles. The van der Waals surface area contributed by atoms with Crippen LogP contribution in [-0.2, 0) is 11.3 Å². The molecule has 5 rings (SSSR count). The second kappa shape index (κ2) is 7.80. The molecule has 2 aliphatic rings. The lowest BCUT2D eigenvalue weighted by molar-refractivity contribution is -0.135. The number of nitrogens with zero attached hydrogens (tertiary/aromatic N) is 3. The van der Waals surface area contributed by atoms with Crippen LogP contribution in [0.5, 0.6) is 0 Å². The van der Waals surface area contributed by atoms with Crippen LogP contribution < -0.4 is 16.0 Å². The zero-order valence-electron chi connectivity index (χ0n) is 17.0. The van der Waals surface area contributed by atoms with Crippen molar-refractivity contribution in [2.45, 2.75) is 31.0 Å². The van der Waals surface area contributed by atoms with E-state index < -0.39 is 11.6 Å². The highest BCUT2D eigenvalue weighted by Crippen LogP contribution is 2.38. The molecular formula is C22H21N7O3. The van der Waals surface area contributed by atoms with Crippen LogP contribution in [0.3, 0.4) is 0 Å². The fraction of sp³-hybridized carbons (Fsp3) is 0.227. The normalized spacial score (nSPS) is 21.9. The topological polar surface area (TPSA) is 132 Å². The molecule has 10 nitrogen and oxygen atoms in total. The van der Waals surface area contributed by atoms with Crippen molar-refractivity contribution in [3.63, 3.8) is 0 Å². The van der Waals surface area contributed by atoms with Gasteiger partial charge in [-0.15, -0.1) is 5.10 Å². The number of hydrogen-bond donors (Lipinski definition) is 4. The summed E-state index contributed by atoms with van der Waals surface area (Å²) < 4.78 is 0. The number of H-pyrrole nitrogens is 1. The third kappa shape index (κ3) is 3.66. The summed E-state index contributed by atoms with van der Waals surface area (Å²) in [4.78, 5) is 38.9. The number of rotatable bonds is 5. The molecule has 32 heavy (non-hydrogen) atoms. The Balaban J connectivity index is 1.16. The van der Waals surface area contributed by atoms with Gasteiger partial charge in [-0.1, -0.05) is 47.7 Å². The van der Waals surface area contributed by atoms with Crippen LogP contribution in [0, 0.1) is 0 Å². The number of nitrogens with one attached hydrogen (secondary N) is 4. The van der Waals surface area contributed by atoms with Crippen LogP contribution in [0.1, 0.15) is 18.4 Å². The summed E-state index contributed by atoms with van der Waals surface area (Å²) in [5.74, 6) is -0.245. The first kappa shape index (κ1) is 19.7. The van der Waals surface area contributed by atoms with Gasteiger partial charge >= 0.3 is 12.1 Å². The number of hydrogen-bond acceptors (Lipinski definition) is 5. The first-order chi connectivity index (χ1) is 15.5. The van der Waals surface area contributed by atoms with Gasteiger partial charge in [-0.25, -0.2) is 9.59 Å². The van der Waals surface area contributed by atoms with Gasteiger partial charge < -0.3 is 16.0 Å². The number of anilines is 1. The van der Waals surface area contributed by atoms with Crippen LogP contribution in [-0.4, -0.2) is 49.9 Å². The van der Waals surface area contributed by atoms with Crippen molar-refractivity contribution >= 4 is 23.7 Å². The minimum absolute atomic E-state index is 0.213. The van der Waals surface area contributed by atoms with E-state index in [2.05, 4.69) is 31.4 Å². The van der Waals surface area contributed by atoms with Crippen molar-refractivity contribution in [2.24, 2.45) is 0 Å². The maximum absolute atomic E-state index is 12.9. The second-order valence-corrected chi connectivity index (χ2v) is 8.03. The minimum atomic E-state index is -0.934. The molecule has 0 atom stereocenters. The van der Waals surface area contributed by atoms with Crippen molar-refractivity contribution < 1.29 is 14.4 Å². The monoisotopic (exact) mass is 431 g/mol. The smallest absolute Gasteiger partial charge is 0.325 e. The van der Waals surface area contributed by atoms with Gasteiger partial charge in [-0.2, -0.15) is 0 Å². The summed E-state index contributed by atoms with van der Waals surface area (Å²) in [7, 11) is 0. The molecule has 0 radical (unpaired) electrons. The lowest BCUT2D eigenvalue weighted by Crippen LogP contribution is -2.64. The molecular weight excluding hydrogens is 410 g/mol. The van der Waals surface area contributed by atoms with Crippen molar-refractivity contribution in [2.75, 3.05) is 5.32 Å². The van der Waals surface area contributed by atoms with E-state index in [9.17, 15) is 14.4 Å². The number of carbonyl (C=O) groups is 3. The van der Waals surface area contributed by atoms with Crippen LogP contribution in [0.2, 0.25) is 0 Å². The van der Waals surface area contributed by atoms with Gasteiger partial charge in [-0.05, 0) is 17.7 Å². The van der Waals surface area contributed by atoms with Crippen molar-refractivity contribution in [3.05, 3.63) is 66.4 Å². The van der Waals surface area contributed by atoms with E-state index in [0.717, 1.165) is 11.1 Å². The van der Waals surface area contributed by atoms with Crippen LogP contribution in [0.4, 0.5) is 15.3 Å². The number of benzene rings is 2. The van der Waals surface area contributed by atoms with Gasteiger partial charge in [0.2, 0.25) is 0 Å². The SMILES string of the molecule is O=C(Nc1cccc(-c2c[nH]nn2)c1)NC1CC2(C1)NC(=O)N(Cc1ccccc1)C2=O. The number of carbonyl (C=O) groups excluding carboxylic acids is 3. The lowest BCUT2D eigenvalue weighted by Gasteiger charge is -2.42. The first-order valence-electron chi connectivity index (χ1n) is 10.2. The van der Waals surface area contributed by atoms with Crippen LogP contribution in [0.25, 0.3) is 11.3 Å². The summed E-state index contributed by atoms with van der Waals surface area (Å²) >= 11 is 0. The van der Waals surface area contributed by atoms with Crippen molar-refractivity contribution in [3.8, 4) is 11.3 Å². The molecule has 2 fully saturated rings. The molecule has 1 spiro atoms. The Hall–Kier alpha value is -4.21. The fourth-order valence-electron chi connectivity index (χ4n) is 4.20. The fourth-order valence-corrected chi connectivity index (χ4v) is 4.20. The van der Waals surface area contributed by atoms with E-state index in [1.807, 2.05) is 42.5 Å². The van der Waals surface area contributed by atoms with Gasteiger partial charge in [0.1, 0.15) is 11.2 Å². The predicted molar refractivity (Wildman–Crippen MR) is 115 cm³/mol. The van der Waals surface area contributed by atoms with Gasteiger partial charge in [0.05, 0.1) is 6.54 Å². The maximum atomic E-state index is 12.9. The van der Waals surface area contributed by atoms with Crippen LogP contribution in [0.15, 0.2) is 60.8 Å². The third-order valence-corrected chi connectivity index (χ3v) is 5.79. The molecule has 0 bridgehead atoms. The highest BCUT2D eigenvalue weighted by atomic mass is 16.2. The van der Waals surface area contributed by atoms with E-state index in [1.165, 1.54) is 4.90 Å². The molecule has 1 aliphatic heterocycles. The molecule has 3 aromatic rings. The number of imide groups is 1. The Labute approximate surface area is 183 Å². The molecule has 5 amide bonds. The molecule has 2 heterocycles. The molecule has 4 N–H and O–H groups in total. The molecule has 1 aliphatic carbocycles. The Kier molecular flexibility index (Phi) is 4.81. The number of amides is 5. The predicted octanol–water partition coefficient (Wildman–Crippen LogP) is 2.25. The number of aromatic amines is 1. The Bertz CT molecular complexity index is 1160. The average molecular weight is 431 g/mol. The second-order valence-electron chi connectivity index (χ2n) is 8.03. The molecule has 0 unspecified atom stereocenters. The standard InChI is InChI=1S/C22H21N7O3/c30-19-22(26-21(32)29(19)13-14-5-2-1-3-6-14)10-17(11-22)25-20(31)24-16-8-4-7-15(9-16)18-12-23-28-27-18/h1-9,12,17H,10-11,13H2,(H,26,32)(H,23,27,28)(H2,24,25,31). The van der Waals surface area contributed by atoms with Gasteiger partial charge in [-0.3, -0.25) is 14.8 Å². The first-order valence-corrected chi connectivity index (χ1v) is 10.2. The molecule has 162 valence electrons.